The average Bonchev–Trinajstić information content (AvgIpc) is 2.52. The van der Waals surface area contributed by atoms with E-state index in [2.05, 4.69) is 70.4 Å². The van der Waals surface area contributed by atoms with Crippen molar-refractivity contribution >= 4 is 14.0 Å². The minimum Gasteiger partial charge on any atom is -0.506 e. The van der Waals surface area contributed by atoms with E-state index in [1.807, 2.05) is 12.1 Å². The van der Waals surface area contributed by atoms with E-state index < -0.39 is 8.32 Å². The Labute approximate surface area is 153 Å². The number of nitrogens with one attached hydrogen (secondary N) is 1. The Balaban J connectivity index is 1.97. The summed E-state index contributed by atoms with van der Waals surface area (Å²) in [4.78, 5) is 0. The van der Waals surface area contributed by atoms with E-state index in [9.17, 15) is 5.11 Å². The summed E-state index contributed by atoms with van der Waals surface area (Å²) in [6.45, 7) is 14.5. The molecule has 0 unspecified atom stereocenters. The van der Waals surface area contributed by atoms with Crippen LogP contribution in [0.3, 0.4) is 0 Å². The zero-order valence-corrected chi connectivity index (χ0v) is 17.3. The molecule has 0 saturated heterocycles. The van der Waals surface area contributed by atoms with Gasteiger partial charge in [-0.1, -0.05) is 56.7 Å². The molecule has 0 bridgehead atoms. The van der Waals surface area contributed by atoms with Crippen LogP contribution in [0.15, 0.2) is 42.5 Å². The van der Waals surface area contributed by atoms with Gasteiger partial charge in [0.15, 0.2) is 8.32 Å². The van der Waals surface area contributed by atoms with Crippen molar-refractivity contribution in [3.05, 3.63) is 59.2 Å². The zero-order valence-electron chi connectivity index (χ0n) is 16.3. The lowest BCUT2D eigenvalue weighted by atomic mass is 10.1. The van der Waals surface area contributed by atoms with Crippen molar-refractivity contribution in [2.75, 3.05) is 5.32 Å². The largest absolute Gasteiger partial charge is 0.506 e. The standard InChI is InChI=1S/C21H31NO2Si/c1-16-7-9-17(10-8-16)14-22-19-12-11-18(13-20(19)23)15-24-25(5,6)21(2,3)4/h7-13,22-23H,14-15H2,1-6H3. The van der Waals surface area contributed by atoms with Gasteiger partial charge < -0.3 is 14.8 Å². The molecule has 0 spiro atoms. The van der Waals surface area contributed by atoms with E-state index in [0.29, 0.717) is 13.2 Å². The molecule has 0 aliphatic heterocycles. The first-order valence-corrected chi connectivity index (χ1v) is 11.7. The smallest absolute Gasteiger partial charge is 0.192 e. The van der Waals surface area contributed by atoms with Crippen LogP contribution in [-0.4, -0.2) is 13.4 Å². The minimum atomic E-state index is -1.78. The molecule has 25 heavy (non-hydrogen) atoms. The van der Waals surface area contributed by atoms with Gasteiger partial charge in [0.2, 0.25) is 0 Å². The van der Waals surface area contributed by atoms with Crippen molar-refractivity contribution in [1.82, 2.24) is 0 Å². The van der Waals surface area contributed by atoms with Gasteiger partial charge in [-0.05, 0) is 48.3 Å². The third-order valence-corrected chi connectivity index (χ3v) is 9.55. The van der Waals surface area contributed by atoms with E-state index in [4.69, 9.17) is 4.43 Å². The maximum absolute atomic E-state index is 10.3. The summed E-state index contributed by atoms with van der Waals surface area (Å²) in [5, 5.41) is 13.8. The molecule has 0 aromatic heterocycles. The van der Waals surface area contributed by atoms with Gasteiger partial charge in [-0.25, -0.2) is 0 Å². The van der Waals surface area contributed by atoms with E-state index in [0.717, 1.165) is 11.3 Å². The first-order chi connectivity index (χ1) is 11.6. The topological polar surface area (TPSA) is 41.5 Å². The molecule has 2 rings (SSSR count). The number of benzene rings is 2. The summed E-state index contributed by atoms with van der Waals surface area (Å²) in [5.74, 6) is 0.267. The molecule has 2 aromatic rings. The van der Waals surface area contributed by atoms with Crippen molar-refractivity contribution in [3.8, 4) is 5.75 Å². The first-order valence-electron chi connectivity index (χ1n) is 8.84. The summed E-state index contributed by atoms with van der Waals surface area (Å²) >= 11 is 0. The van der Waals surface area contributed by atoms with Crippen LogP contribution in [0.1, 0.15) is 37.5 Å². The highest BCUT2D eigenvalue weighted by Crippen LogP contribution is 2.37. The third kappa shape index (κ3) is 5.35. The molecule has 4 heteroatoms. The van der Waals surface area contributed by atoms with E-state index >= 15 is 0 Å². The SMILES string of the molecule is Cc1ccc(CNc2ccc(CO[Si](C)(C)C(C)(C)C)cc2O)cc1. The van der Waals surface area contributed by atoms with Crippen LogP contribution in [0.25, 0.3) is 0 Å². The Morgan fingerprint density at radius 3 is 2.16 bits per heavy atom. The van der Waals surface area contributed by atoms with Gasteiger partial charge in [0.25, 0.3) is 0 Å². The number of aryl methyl sites for hydroxylation is 1. The molecule has 0 heterocycles. The van der Waals surface area contributed by atoms with Gasteiger partial charge in [-0.3, -0.25) is 0 Å². The van der Waals surface area contributed by atoms with Crippen LogP contribution in [-0.2, 0) is 17.6 Å². The van der Waals surface area contributed by atoms with Crippen LogP contribution in [0.5, 0.6) is 5.75 Å². The van der Waals surface area contributed by atoms with Gasteiger partial charge >= 0.3 is 0 Å². The van der Waals surface area contributed by atoms with Gasteiger partial charge in [-0.15, -0.1) is 0 Å². The maximum atomic E-state index is 10.3. The number of rotatable bonds is 6. The van der Waals surface area contributed by atoms with Crippen molar-refractivity contribution in [3.63, 3.8) is 0 Å². The predicted octanol–water partition coefficient (Wildman–Crippen LogP) is 5.83. The highest BCUT2D eigenvalue weighted by Gasteiger charge is 2.37. The molecular weight excluding hydrogens is 326 g/mol. The Morgan fingerprint density at radius 2 is 1.60 bits per heavy atom. The molecule has 0 aliphatic rings. The number of anilines is 1. The molecule has 2 N–H and O–H groups in total. The Hall–Kier alpha value is -1.78. The molecule has 0 atom stereocenters. The molecule has 0 saturated carbocycles. The van der Waals surface area contributed by atoms with Crippen LogP contribution in [0, 0.1) is 6.92 Å². The summed E-state index contributed by atoms with van der Waals surface area (Å²) in [6.07, 6.45) is 0. The summed E-state index contributed by atoms with van der Waals surface area (Å²) in [5.41, 5.74) is 4.19. The fourth-order valence-electron chi connectivity index (χ4n) is 2.20. The van der Waals surface area contributed by atoms with Gasteiger partial charge in [-0.2, -0.15) is 0 Å². The average molecular weight is 358 g/mol. The summed E-state index contributed by atoms with van der Waals surface area (Å²) < 4.78 is 6.22. The molecule has 0 amide bonds. The minimum absolute atomic E-state index is 0.185. The summed E-state index contributed by atoms with van der Waals surface area (Å²) in [6, 6.07) is 14.1. The fraction of sp³-hybridized carbons (Fsp3) is 0.429. The molecule has 0 radical (unpaired) electrons. The van der Waals surface area contributed by atoms with E-state index in [-0.39, 0.29) is 10.8 Å². The molecule has 0 aliphatic carbocycles. The van der Waals surface area contributed by atoms with Crippen molar-refractivity contribution in [1.29, 1.82) is 0 Å². The fourth-order valence-corrected chi connectivity index (χ4v) is 3.16. The van der Waals surface area contributed by atoms with Crippen molar-refractivity contribution in [2.24, 2.45) is 0 Å². The van der Waals surface area contributed by atoms with Crippen LogP contribution in [0.4, 0.5) is 5.69 Å². The number of phenols is 1. The quantitative estimate of drug-likeness (QED) is 0.504. The molecule has 136 valence electrons. The highest BCUT2D eigenvalue weighted by molar-refractivity contribution is 6.74. The Bertz CT molecular complexity index is 703. The molecule has 2 aromatic carbocycles. The lowest BCUT2D eigenvalue weighted by Gasteiger charge is -2.36. The zero-order chi connectivity index (χ0) is 18.7. The van der Waals surface area contributed by atoms with E-state index in [1.165, 1.54) is 11.1 Å². The maximum Gasteiger partial charge on any atom is 0.192 e. The van der Waals surface area contributed by atoms with Crippen molar-refractivity contribution in [2.45, 2.75) is 59.0 Å². The van der Waals surface area contributed by atoms with Gasteiger partial charge in [0.1, 0.15) is 5.75 Å². The predicted molar refractivity (Wildman–Crippen MR) is 109 cm³/mol. The monoisotopic (exact) mass is 357 g/mol. The number of hydrogen-bond donors (Lipinski definition) is 2. The number of aromatic hydroxyl groups is 1. The first kappa shape index (κ1) is 19.5. The van der Waals surface area contributed by atoms with Crippen molar-refractivity contribution < 1.29 is 9.53 Å². The summed E-state index contributed by atoms with van der Waals surface area (Å²) in [7, 11) is -1.78. The van der Waals surface area contributed by atoms with Crippen LogP contribution < -0.4 is 5.32 Å². The van der Waals surface area contributed by atoms with Crippen LogP contribution >= 0.6 is 0 Å². The lowest BCUT2D eigenvalue weighted by Crippen LogP contribution is -2.40. The van der Waals surface area contributed by atoms with Gasteiger partial charge in [0, 0.05) is 6.54 Å². The molecule has 3 nitrogen and oxygen atoms in total. The van der Waals surface area contributed by atoms with Crippen LogP contribution in [0.2, 0.25) is 18.1 Å². The lowest BCUT2D eigenvalue weighted by molar-refractivity contribution is 0.276. The second-order valence-corrected chi connectivity index (χ2v) is 13.0. The molecular formula is C21H31NO2Si. The Kier molecular flexibility index (Phi) is 5.96. The normalized spacial score (nSPS) is 12.2. The second kappa shape index (κ2) is 7.62. The molecule has 0 fully saturated rings. The highest BCUT2D eigenvalue weighted by atomic mass is 28.4. The number of hydrogen-bond acceptors (Lipinski definition) is 3. The second-order valence-electron chi connectivity index (χ2n) is 8.24. The number of phenolic OH excluding ortho intramolecular Hbond substituents is 1. The third-order valence-electron chi connectivity index (χ3n) is 5.07. The van der Waals surface area contributed by atoms with E-state index in [1.54, 1.807) is 6.07 Å². The van der Waals surface area contributed by atoms with Gasteiger partial charge in [0.05, 0.1) is 12.3 Å². The Morgan fingerprint density at radius 1 is 1.00 bits per heavy atom.